The molecule has 0 spiro atoms. The van der Waals surface area contributed by atoms with E-state index in [1.807, 2.05) is 13.8 Å². The van der Waals surface area contributed by atoms with Crippen molar-refractivity contribution in [1.82, 2.24) is 4.72 Å². The van der Waals surface area contributed by atoms with E-state index in [4.69, 9.17) is 9.84 Å². The lowest BCUT2D eigenvalue weighted by Crippen LogP contribution is -2.40. The van der Waals surface area contributed by atoms with Gasteiger partial charge in [-0.1, -0.05) is 20.8 Å². The van der Waals surface area contributed by atoms with Crippen LogP contribution in [-0.2, 0) is 14.8 Å². The predicted molar refractivity (Wildman–Crippen MR) is 78.8 cm³/mol. The monoisotopic (exact) mass is 315 g/mol. The maximum atomic E-state index is 12.1. The van der Waals surface area contributed by atoms with Crippen LogP contribution < -0.4 is 9.46 Å². The van der Waals surface area contributed by atoms with Gasteiger partial charge in [0.05, 0.1) is 11.5 Å². The average Bonchev–Trinajstić information content (AvgIpc) is 2.42. The number of sulfonamides is 1. The van der Waals surface area contributed by atoms with E-state index >= 15 is 0 Å². The molecule has 0 heterocycles. The van der Waals surface area contributed by atoms with Crippen LogP contribution in [0.2, 0.25) is 0 Å². The van der Waals surface area contributed by atoms with Gasteiger partial charge in [0.15, 0.2) is 0 Å². The van der Waals surface area contributed by atoms with Crippen LogP contribution >= 0.6 is 0 Å². The molecule has 0 aliphatic carbocycles. The highest BCUT2D eigenvalue weighted by atomic mass is 32.2. The molecule has 0 bridgehead atoms. The van der Waals surface area contributed by atoms with Crippen molar-refractivity contribution in [2.45, 2.75) is 38.1 Å². The Bertz CT molecular complexity index is 566. The van der Waals surface area contributed by atoms with Crippen molar-refractivity contribution in [2.24, 2.45) is 5.92 Å². The molecule has 0 aromatic heterocycles. The zero-order chi connectivity index (χ0) is 16.0. The van der Waals surface area contributed by atoms with Gasteiger partial charge in [0, 0.05) is 0 Å². The third-order valence-corrected chi connectivity index (χ3v) is 4.21. The van der Waals surface area contributed by atoms with Crippen LogP contribution in [-0.4, -0.2) is 32.1 Å². The van der Waals surface area contributed by atoms with Crippen molar-refractivity contribution in [2.75, 3.05) is 6.61 Å². The molecule has 0 saturated heterocycles. The highest BCUT2D eigenvalue weighted by molar-refractivity contribution is 7.89. The summed E-state index contributed by atoms with van der Waals surface area (Å²) in [6.07, 6.45) is 0.171. The Kier molecular flexibility index (Phi) is 6.17. The maximum absolute atomic E-state index is 12.1. The van der Waals surface area contributed by atoms with Crippen LogP contribution in [0.1, 0.15) is 27.2 Å². The third kappa shape index (κ3) is 5.35. The Hall–Kier alpha value is -1.60. The van der Waals surface area contributed by atoms with Crippen LogP contribution in [0.4, 0.5) is 0 Å². The zero-order valence-corrected chi connectivity index (χ0v) is 13.2. The van der Waals surface area contributed by atoms with Gasteiger partial charge in [-0.2, -0.15) is 4.72 Å². The molecule has 0 aliphatic rings. The number of ether oxygens (including phenoxy) is 1. The summed E-state index contributed by atoms with van der Waals surface area (Å²) in [4.78, 5) is 10.9. The minimum atomic E-state index is -3.85. The fourth-order valence-corrected chi connectivity index (χ4v) is 2.81. The highest BCUT2D eigenvalue weighted by Gasteiger charge is 2.23. The largest absolute Gasteiger partial charge is 0.493 e. The van der Waals surface area contributed by atoms with Crippen LogP contribution in [0, 0.1) is 5.92 Å². The molecule has 1 rings (SSSR count). The number of benzene rings is 1. The number of hydrogen-bond donors (Lipinski definition) is 2. The van der Waals surface area contributed by atoms with Crippen molar-refractivity contribution >= 4 is 16.0 Å². The number of carboxylic acids is 1. The fraction of sp³-hybridized carbons (Fsp3) is 0.500. The fourth-order valence-electron chi connectivity index (χ4n) is 1.54. The molecule has 1 aromatic carbocycles. The van der Waals surface area contributed by atoms with Gasteiger partial charge in [0.25, 0.3) is 0 Å². The van der Waals surface area contributed by atoms with E-state index < -0.39 is 22.0 Å². The summed E-state index contributed by atoms with van der Waals surface area (Å²) in [5, 5.41) is 8.90. The number of rotatable bonds is 8. The molecule has 7 heteroatoms. The molecular formula is C14H21NO5S. The lowest BCUT2D eigenvalue weighted by Gasteiger charge is -2.13. The van der Waals surface area contributed by atoms with E-state index in [1.54, 1.807) is 19.1 Å². The Balaban J connectivity index is 2.82. The molecule has 0 saturated carbocycles. The third-order valence-electron chi connectivity index (χ3n) is 2.72. The second-order valence-corrected chi connectivity index (χ2v) is 6.81. The summed E-state index contributed by atoms with van der Waals surface area (Å²) in [6, 6.07) is 4.77. The first-order valence-electron chi connectivity index (χ1n) is 6.74. The molecule has 0 aliphatic heterocycles. The van der Waals surface area contributed by atoms with Gasteiger partial charge in [-0.25, -0.2) is 8.42 Å². The van der Waals surface area contributed by atoms with Crippen molar-refractivity contribution in [3.8, 4) is 5.75 Å². The van der Waals surface area contributed by atoms with Crippen molar-refractivity contribution in [1.29, 1.82) is 0 Å². The van der Waals surface area contributed by atoms with Crippen LogP contribution in [0.5, 0.6) is 5.75 Å². The van der Waals surface area contributed by atoms with E-state index in [9.17, 15) is 13.2 Å². The molecule has 21 heavy (non-hydrogen) atoms. The summed E-state index contributed by atoms with van der Waals surface area (Å²) < 4.78 is 31.8. The molecule has 0 amide bonds. The lowest BCUT2D eigenvalue weighted by molar-refractivity contribution is -0.139. The summed E-state index contributed by atoms with van der Waals surface area (Å²) in [6.45, 7) is 6.17. The average molecular weight is 315 g/mol. The second-order valence-electron chi connectivity index (χ2n) is 5.10. The van der Waals surface area contributed by atoms with Gasteiger partial charge in [0.1, 0.15) is 11.8 Å². The van der Waals surface area contributed by atoms with Crippen LogP contribution in [0.25, 0.3) is 0 Å². The molecule has 0 fully saturated rings. The Labute approximate surface area is 125 Å². The van der Waals surface area contributed by atoms with E-state index in [0.29, 0.717) is 18.3 Å². The SMILES string of the molecule is CCC(NS(=O)(=O)c1ccc(OCC(C)C)cc1)C(=O)O. The zero-order valence-electron chi connectivity index (χ0n) is 12.4. The molecular weight excluding hydrogens is 294 g/mol. The molecule has 0 radical (unpaired) electrons. The van der Waals surface area contributed by atoms with Gasteiger partial charge in [-0.05, 0) is 36.6 Å². The first-order chi connectivity index (χ1) is 9.76. The smallest absolute Gasteiger partial charge is 0.321 e. The first-order valence-corrected chi connectivity index (χ1v) is 8.22. The maximum Gasteiger partial charge on any atom is 0.321 e. The summed E-state index contributed by atoms with van der Waals surface area (Å²) >= 11 is 0. The van der Waals surface area contributed by atoms with E-state index in [0.717, 1.165) is 0 Å². The molecule has 1 unspecified atom stereocenters. The molecule has 6 nitrogen and oxygen atoms in total. The minimum absolute atomic E-state index is 0.0131. The van der Waals surface area contributed by atoms with E-state index in [1.165, 1.54) is 12.1 Å². The van der Waals surface area contributed by atoms with Crippen molar-refractivity contribution in [3.63, 3.8) is 0 Å². The number of hydrogen-bond acceptors (Lipinski definition) is 4. The van der Waals surface area contributed by atoms with Gasteiger partial charge in [0.2, 0.25) is 10.0 Å². The summed E-state index contributed by atoms with van der Waals surface area (Å²) in [5.74, 6) is -0.248. The number of carboxylic acid groups (broad SMARTS) is 1. The Morgan fingerprint density at radius 3 is 2.29 bits per heavy atom. The van der Waals surface area contributed by atoms with Gasteiger partial charge < -0.3 is 9.84 Å². The molecule has 1 aromatic rings. The van der Waals surface area contributed by atoms with Gasteiger partial charge in [-0.15, -0.1) is 0 Å². The van der Waals surface area contributed by atoms with Crippen LogP contribution in [0.3, 0.4) is 0 Å². The van der Waals surface area contributed by atoms with E-state index in [-0.39, 0.29) is 11.3 Å². The lowest BCUT2D eigenvalue weighted by atomic mass is 10.2. The number of nitrogens with one attached hydrogen (secondary N) is 1. The molecule has 2 N–H and O–H groups in total. The Morgan fingerprint density at radius 2 is 1.86 bits per heavy atom. The molecule has 1 atom stereocenters. The van der Waals surface area contributed by atoms with Gasteiger partial charge in [-0.3, -0.25) is 4.79 Å². The standard InChI is InChI=1S/C14H21NO5S/c1-4-13(14(16)17)15-21(18,19)12-7-5-11(6-8-12)20-9-10(2)3/h5-8,10,13,15H,4,9H2,1-3H3,(H,16,17). The minimum Gasteiger partial charge on any atom is -0.493 e. The number of aliphatic carboxylic acids is 1. The van der Waals surface area contributed by atoms with E-state index in [2.05, 4.69) is 4.72 Å². The summed E-state index contributed by atoms with van der Waals surface area (Å²) in [7, 11) is -3.85. The second kappa shape index (κ2) is 7.42. The molecule has 118 valence electrons. The number of carbonyl (C=O) groups is 1. The van der Waals surface area contributed by atoms with Crippen molar-refractivity contribution < 1.29 is 23.1 Å². The van der Waals surface area contributed by atoms with Gasteiger partial charge >= 0.3 is 5.97 Å². The van der Waals surface area contributed by atoms with Crippen LogP contribution in [0.15, 0.2) is 29.2 Å². The topological polar surface area (TPSA) is 92.7 Å². The normalized spacial score (nSPS) is 13.1. The Morgan fingerprint density at radius 1 is 1.29 bits per heavy atom. The summed E-state index contributed by atoms with van der Waals surface area (Å²) in [5.41, 5.74) is 0. The first kappa shape index (κ1) is 17.5. The predicted octanol–water partition coefficient (Wildman–Crippen LogP) is 1.86. The van der Waals surface area contributed by atoms with Crippen molar-refractivity contribution in [3.05, 3.63) is 24.3 Å². The quantitative estimate of drug-likeness (QED) is 0.764. The highest BCUT2D eigenvalue weighted by Crippen LogP contribution is 2.17.